The Balaban J connectivity index is 0.000000374. The minimum Gasteiger partial charge on any atom is -0.512 e. The first-order chi connectivity index (χ1) is 23.5. The van der Waals surface area contributed by atoms with Gasteiger partial charge in [0.25, 0.3) is 0 Å². The topological polar surface area (TPSA) is 50.2 Å². The molecule has 0 aliphatic carbocycles. The van der Waals surface area contributed by atoms with Gasteiger partial charge >= 0.3 is 0 Å². The van der Waals surface area contributed by atoms with Crippen LogP contribution in [0.3, 0.4) is 0 Å². The summed E-state index contributed by atoms with van der Waals surface area (Å²) in [6, 6.07) is 21.9. The van der Waals surface area contributed by atoms with Gasteiger partial charge in [-0.2, -0.15) is 0 Å². The monoisotopic (exact) mass is 899 g/mol. The van der Waals surface area contributed by atoms with Gasteiger partial charge in [0.05, 0.1) is 13.8 Å². The molecule has 6 heteroatoms. The van der Waals surface area contributed by atoms with Crippen LogP contribution in [-0.4, -0.2) is 23.9 Å². The van der Waals surface area contributed by atoms with E-state index in [9.17, 15) is 9.90 Å². The Kier molecular flexibility index (Phi) is 15.0. The number of aromatic nitrogens is 1. The number of thiophene rings is 1. The van der Waals surface area contributed by atoms with Gasteiger partial charge in [-0.1, -0.05) is 123 Å². The van der Waals surface area contributed by atoms with Crippen LogP contribution in [0.2, 0.25) is 19.6 Å². The van der Waals surface area contributed by atoms with Crippen LogP contribution in [0, 0.1) is 23.8 Å². The number of aliphatic hydroxyl groups is 1. The Labute approximate surface area is 326 Å². The molecule has 0 atom stereocenters. The van der Waals surface area contributed by atoms with Crippen LogP contribution in [0.5, 0.6) is 0 Å². The van der Waals surface area contributed by atoms with Crippen LogP contribution in [0.25, 0.3) is 42.2 Å². The molecule has 277 valence electrons. The predicted molar refractivity (Wildman–Crippen MR) is 223 cm³/mol. The molecule has 0 aliphatic heterocycles. The molecule has 0 bridgehead atoms. The van der Waals surface area contributed by atoms with Crippen molar-refractivity contribution in [1.29, 1.82) is 0 Å². The van der Waals surface area contributed by atoms with Crippen molar-refractivity contribution in [1.82, 2.24) is 4.98 Å². The maximum Gasteiger partial charge on any atom is 0.162 e. The number of hydrogen-bond acceptors (Lipinski definition) is 4. The first-order valence-corrected chi connectivity index (χ1v) is 23.1. The number of rotatable bonds is 11. The first-order valence-electron chi connectivity index (χ1n) is 18.8. The summed E-state index contributed by atoms with van der Waals surface area (Å²) in [6.07, 6.45) is 8.20. The van der Waals surface area contributed by atoms with E-state index in [0.29, 0.717) is 5.92 Å². The van der Waals surface area contributed by atoms with E-state index in [0.717, 1.165) is 43.4 Å². The quantitative estimate of drug-likeness (QED) is 0.0622. The van der Waals surface area contributed by atoms with Crippen LogP contribution in [0.1, 0.15) is 99.1 Å². The van der Waals surface area contributed by atoms with E-state index in [1.165, 1.54) is 53.3 Å². The van der Waals surface area contributed by atoms with Gasteiger partial charge < -0.3 is 5.11 Å². The van der Waals surface area contributed by atoms with Crippen LogP contribution >= 0.6 is 11.3 Å². The molecule has 0 saturated carbocycles. The van der Waals surface area contributed by atoms with Crippen molar-refractivity contribution >= 4 is 61.3 Å². The number of aliphatic hydroxyl groups excluding tert-OH is 1. The molecule has 0 fully saturated rings. The number of hydrogen-bond donors (Lipinski definition) is 1. The zero-order valence-corrected chi connectivity index (χ0v) is 37.3. The van der Waals surface area contributed by atoms with E-state index in [-0.39, 0.29) is 48.9 Å². The maximum absolute atomic E-state index is 11.7. The van der Waals surface area contributed by atoms with Crippen LogP contribution in [0.4, 0.5) is 0 Å². The Bertz CT molecular complexity index is 1970. The second-order valence-corrected chi connectivity index (χ2v) is 22.5. The smallest absolute Gasteiger partial charge is 0.162 e. The zero-order valence-electron chi connectivity index (χ0n) is 33.1. The van der Waals surface area contributed by atoms with Gasteiger partial charge in [-0.15, -0.1) is 40.5 Å². The zero-order chi connectivity index (χ0) is 37.0. The number of fused-ring (bicyclic) bond motifs is 4. The van der Waals surface area contributed by atoms with E-state index < -0.39 is 8.07 Å². The summed E-state index contributed by atoms with van der Waals surface area (Å²) in [7, 11) is -1.59. The van der Waals surface area contributed by atoms with Crippen molar-refractivity contribution in [3.8, 4) is 11.3 Å². The summed E-state index contributed by atoms with van der Waals surface area (Å²) in [5.41, 5.74) is 4.99. The number of nitrogens with zero attached hydrogens (tertiary/aromatic N) is 1. The van der Waals surface area contributed by atoms with Crippen molar-refractivity contribution in [2.75, 3.05) is 0 Å². The largest absolute Gasteiger partial charge is 0.512 e. The maximum atomic E-state index is 11.7. The summed E-state index contributed by atoms with van der Waals surface area (Å²) in [5, 5.41) is 16.5. The van der Waals surface area contributed by atoms with Crippen LogP contribution in [0.15, 0.2) is 66.6 Å². The van der Waals surface area contributed by atoms with Gasteiger partial charge in [0.2, 0.25) is 0 Å². The molecule has 2 aromatic heterocycles. The fraction of sp³-hybridized carbons (Fsp3) is 0.467. The summed E-state index contributed by atoms with van der Waals surface area (Å²) in [5.74, 6) is 1.20. The molecule has 1 N–H and O–H groups in total. The third kappa shape index (κ3) is 10.1. The van der Waals surface area contributed by atoms with Crippen molar-refractivity contribution in [2.45, 2.75) is 119 Å². The fourth-order valence-corrected chi connectivity index (χ4v) is 9.79. The van der Waals surface area contributed by atoms with Crippen LogP contribution in [-0.2, 0) is 36.7 Å². The molecule has 51 heavy (non-hydrogen) atoms. The Morgan fingerprint density at radius 3 is 2.12 bits per heavy atom. The molecule has 2 heterocycles. The molecule has 3 aromatic carbocycles. The third-order valence-electron chi connectivity index (χ3n) is 9.93. The number of carbonyl (C=O) groups excluding carboxylic acids is 1. The Hall–Kier alpha value is -2.63. The van der Waals surface area contributed by atoms with E-state index in [4.69, 9.17) is 4.98 Å². The molecule has 1 radical (unpaired) electrons. The van der Waals surface area contributed by atoms with Crippen LogP contribution < -0.4 is 5.19 Å². The SMILES string of the molecule is CC(C)Cc1ccc2c(c1)sc1c(-c3[c-]c4ccccc4c(C(C)(C)C)c3)ncc([Si](C)(C)C)c12.CCC(CC)C(=O)/C=C(\O)C(CC)CC.[Ir]. The van der Waals surface area contributed by atoms with Gasteiger partial charge in [-0.25, -0.2) is 0 Å². The molecule has 0 saturated heterocycles. The molecular weight excluding hydrogens is 839 g/mol. The second kappa shape index (κ2) is 17.9. The predicted octanol–water partition coefficient (Wildman–Crippen LogP) is 13.0. The van der Waals surface area contributed by atoms with Gasteiger partial charge in [-0.05, 0) is 71.0 Å². The van der Waals surface area contributed by atoms with Gasteiger partial charge in [0.1, 0.15) is 0 Å². The molecular formula is C45H60IrNO2SSi-. The van der Waals surface area contributed by atoms with Crippen molar-refractivity contribution in [3.63, 3.8) is 0 Å². The van der Waals surface area contributed by atoms with Gasteiger partial charge in [0, 0.05) is 59.3 Å². The minimum absolute atomic E-state index is 0. The van der Waals surface area contributed by atoms with E-state index >= 15 is 0 Å². The average molecular weight is 899 g/mol. The summed E-state index contributed by atoms with van der Waals surface area (Å²) in [4.78, 5) is 16.9. The second-order valence-electron chi connectivity index (χ2n) is 16.4. The van der Waals surface area contributed by atoms with Gasteiger partial charge in [-0.3, -0.25) is 9.78 Å². The van der Waals surface area contributed by atoms with E-state index in [2.05, 4.69) is 115 Å². The number of carbonyl (C=O) groups is 1. The molecule has 5 aromatic rings. The first kappa shape index (κ1) is 42.8. The molecule has 0 aliphatic rings. The summed E-state index contributed by atoms with van der Waals surface area (Å²) in [6.45, 7) is 26.8. The molecule has 0 unspecified atom stereocenters. The summed E-state index contributed by atoms with van der Waals surface area (Å²) >= 11 is 1.91. The molecule has 5 rings (SSSR count). The van der Waals surface area contributed by atoms with E-state index in [1.54, 1.807) is 0 Å². The normalized spacial score (nSPS) is 12.6. The number of ketones is 1. The van der Waals surface area contributed by atoms with E-state index in [1.807, 2.05) is 39.0 Å². The molecule has 3 nitrogen and oxygen atoms in total. The van der Waals surface area contributed by atoms with Gasteiger partial charge in [0.15, 0.2) is 5.78 Å². The average Bonchev–Trinajstić information content (AvgIpc) is 3.42. The van der Waals surface area contributed by atoms with Crippen molar-refractivity contribution in [3.05, 3.63) is 83.8 Å². The number of benzene rings is 3. The molecule has 0 spiro atoms. The molecule has 0 amide bonds. The standard InChI is InChI=1S/C32H36NSSi.C13H24O2.Ir/c1-20(2)15-21-13-14-25-27(16-21)34-31-29(25)28(35(6,7)8)19-33-30(31)23-17-22-11-9-10-12-24(22)26(18-23)32(3,4)5;1-5-10(6-2)12(14)9-13(15)11(7-3)8-4;/h9-14,16,18-20H,15H2,1-8H3;9-11,14H,5-8H2,1-4H3;/q-1;;/b;12-9-;. The number of pyridine rings is 1. The van der Waals surface area contributed by atoms with Crippen molar-refractivity contribution < 1.29 is 30.0 Å². The Morgan fingerprint density at radius 2 is 1.55 bits per heavy atom. The minimum atomic E-state index is -1.59. The number of allylic oxidation sites excluding steroid dienone is 2. The summed E-state index contributed by atoms with van der Waals surface area (Å²) < 4.78 is 2.69. The Morgan fingerprint density at radius 1 is 0.922 bits per heavy atom. The van der Waals surface area contributed by atoms with Crippen molar-refractivity contribution in [2.24, 2.45) is 17.8 Å². The fourth-order valence-electron chi connectivity index (χ4n) is 6.94. The third-order valence-corrected chi connectivity index (χ3v) is 13.1.